The van der Waals surface area contributed by atoms with Crippen LogP contribution in [0, 0.1) is 6.92 Å². The van der Waals surface area contributed by atoms with Crippen molar-refractivity contribution in [3.63, 3.8) is 0 Å². The van der Waals surface area contributed by atoms with Crippen LogP contribution >= 0.6 is 0 Å². The van der Waals surface area contributed by atoms with Gasteiger partial charge in [-0.05, 0) is 43.9 Å². The first-order valence-corrected chi connectivity index (χ1v) is 10.2. The number of aromatic nitrogens is 3. The van der Waals surface area contributed by atoms with Gasteiger partial charge in [-0.2, -0.15) is 5.10 Å². The summed E-state index contributed by atoms with van der Waals surface area (Å²) in [5.41, 5.74) is 1.68. The number of aryl methyl sites for hydroxylation is 2. The highest BCUT2D eigenvalue weighted by atomic mass is 32.2. The Balaban J connectivity index is 1.64. The second-order valence-corrected chi connectivity index (χ2v) is 8.48. The molecule has 0 saturated carbocycles. The molecule has 3 heterocycles. The minimum atomic E-state index is -3.73. The van der Waals surface area contributed by atoms with Crippen LogP contribution in [0.4, 0.5) is 5.69 Å². The summed E-state index contributed by atoms with van der Waals surface area (Å²) in [6.45, 7) is 4.63. The Bertz CT molecular complexity index is 982. The first-order chi connectivity index (χ1) is 12.3. The summed E-state index contributed by atoms with van der Waals surface area (Å²) in [4.78, 5) is 17.9. The maximum Gasteiger partial charge on any atom is 0.241 e. The molecule has 1 amide bonds. The van der Waals surface area contributed by atoms with E-state index >= 15 is 0 Å². The van der Waals surface area contributed by atoms with Gasteiger partial charge in [-0.3, -0.25) is 4.79 Å². The molecule has 1 aromatic heterocycles. The minimum Gasteiger partial charge on any atom is -0.312 e. The lowest BCUT2D eigenvalue weighted by Crippen LogP contribution is -2.33. The third-order valence-corrected chi connectivity index (χ3v) is 6.39. The molecule has 9 heteroatoms. The molecule has 4 rings (SSSR count). The van der Waals surface area contributed by atoms with Crippen molar-refractivity contribution in [2.24, 2.45) is 0 Å². The van der Waals surface area contributed by atoms with Gasteiger partial charge in [0.05, 0.1) is 10.9 Å². The molecule has 1 atom stereocenters. The summed E-state index contributed by atoms with van der Waals surface area (Å²) in [7, 11) is -3.73. The number of carbonyl (C=O) groups is 1. The van der Waals surface area contributed by atoms with Crippen molar-refractivity contribution in [2.75, 3.05) is 11.4 Å². The fourth-order valence-electron chi connectivity index (χ4n) is 3.69. The number of hydrogen-bond donors (Lipinski definition) is 1. The molecule has 0 radical (unpaired) electrons. The van der Waals surface area contributed by atoms with Gasteiger partial charge < -0.3 is 4.90 Å². The van der Waals surface area contributed by atoms with E-state index in [9.17, 15) is 13.2 Å². The number of sulfonamides is 1. The number of benzene rings is 1. The third kappa shape index (κ3) is 2.90. The van der Waals surface area contributed by atoms with E-state index in [4.69, 9.17) is 0 Å². The van der Waals surface area contributed by atoms with E-state index in [-0.39, 0.29) is 10.8 Å². The first-order valence-electron chi connectivity index (χ1n) is 8.70. The molecule has 0 spiro atoms. The summed E-state index contributed by atoms with van der Waals surface area (Å²) in [5, 5.41) is 4.31. The Kier molecular flexibility index (Phi) is 4.07. The molecule has 0 fully saturated rings. The van der Waals surface area contributed by atoms with Gasteiger partial charge in [-0.25, -0.2) is 22.8 Å². The van der Waals surface area contributed by atoms with Gasteiger partial charge in [-0.15, -0.1) is 0 Å². The van der Waals surface area contributed by atoms with Gasteiger partial charge in [0.1, 0.15) is 11.6 Å². The maximum atomic E-state index is 12.9. The molecule has 2 aliphatic heterocycles. The molecular formula is C17H21N5O3S. The fourth-order valence-corrected chi connectivity index (χ4v) is 4.94. The highest BCUT2D eigenvalue weighted by molar-refractivity contribution is 7.89. The van der Waals surface area contributed by atoms with Crippen molar-refractivity contribution < 1.29 is 13.2 Å². The average molecular weight is 375 g/mol. The summed E-state index contributed by atoms with van der Waals surface area (Å²) in [6, 6.07) is 4.58. The average Bonchev–Trinajstić information content (AvgIpc) is 3.17. The Morgan fingerprint density at radius 2 is 2.12 bits per heavy atom. The largest absolute Gasteiger partial charge is 0.312 e. The van der Waals surface area contributed by atoms with E-state index in [1.807, 2.05) is 0 Å². The molecule has 138 valence electrons. The van der Waals surface area contributed by atoms with Crippen LogP contribution in [-0.4, -0.2) is 35.6 Å². The van der Waals surface area contributed by atoms with Crippen molar-refractivity contribution >= 4 is 21.6 Å². The van der Waals surface area contributed by atoms with Crippen LogP contribution in [0.1, 0.15) is 43.0 Å². The van der Waals surface area contributed by atoms with Crippen molar-refractivity contribution in [1.29, 1.82) is 0 Å². The predicted octanol–water partition coefficient (Wildman–Crippen LogP) is 1.31. The number of fused-ring (bicyclic) bond motifs is 2. The van der Waals surface area contributed by atoms with Crippen molar-refractivity contribution in [2.45, 2.75) is 50.6 Å². The highest BCUT2D eigenvalue weighted by Crippen LogP contribution is 2.32. The monoisotopic (exact) mass is 375 g/mol. The lowest BCUT2D eigenvalue weighted by atomic mass is 10.1. The smallest absolute Gasteiger partial charge is 0.241 e. The molecule has 0 aliphatic carbocycles. The van der Waals surface area contributed by atoms with Gasteiger partial charge in [0.15, 0.2) is 0 Å². The zero-order valence-corrected chi connectivity index (χ0v) is 15.6. The number of anilines is 1. The Hall–Kier alpha value is -2.26. The normalized spacial score (nSPS) is 19.3. The van der Waals surface area contributed by atoms with Crippen LogP contribution in [0.5, 0.6) is 0 Å². The third-order valence-electron chi connectivity index (χ3n) is 4.92. The molecule has 26 heavy (non-hydrogen) atoms. The highest BCUT2D eigenvalue weighted by Gasteiger charge is 2.30. The van der Waals surface area contributed by atoms with Gasteiger partial charge in [-0.1, -0.05) is 6.07 Å². The molecule has 1 N–H and O–H groups in total. The molecule has 2 aliphatic rings. The molecule has 8 nitrogen and oxygen atoms in total. The van der Waals surface area contributed by atoms with Crippen molar-refractivity contribution in [3.05, 3.63) is 35.4 Å². The molecular weight excluding hydrogens is 354 g/mol. The fraction of sp³-hybridized carbons (Fsp3) is 0.471. The molecule has 1 unspecified atom stereocenters. The number of amides is 1. The van der Waals surface area contributed by atoms with E-state index < -0.39 is 16.1 Å². The number of hydrogen-bond acceptors (Lipinski definition) is 5. The Morgan fingerprint density at radius 3 is 2.88 bits per heavy atom. The van der Waals surface area contributed by atoms with E-state index in [1.165, 1.54) is 6.92 Å². The zero-order chi connectivity index (χ0) is 18.5. The summed E-state index contributed by atoms with van der Waals surface area (Å²) < 4.78 is 30.4. The maximum absolute atomic E-state index is 12.9. The van der Waals surface area contributed by atoms with Crippen molar-refractivity contribution in [1.82, 2.24) is 19.5 Å². The number of nitrogens with one attached hydrogen (secondary N) is 1. The molecule has 0 saturated heterocycles. The molecule has 2 aromatic rings. The van der Waals surface area contributed by atoms with Crippen LogP contribution in [-0.2, 0) is 27.8 Å². The number of rotatable bonds is 3. The topological polar surface area (TPSA) is 97.2 Å². The van der Waals surface area contributed by atoms with Crippen LogP contribution in [0.15, 0.2) is 23.1 Å². The Morgan fingerprint density at radius 1 is 1.31 bits per heavy atom. The summed E-state index contributed by atoms with van der Waals surface area (Å²) in [6.07, 6.45) is 2.26. The lowest BCUT2D eigenvalue weighted by Gasteiger charge is -2.23. The second kappa shape index (κ2) is 6.17. The molecule has 1 aromatic carbocycles. The second-order valence-electron chi connectivity index (χ2n) is 6.77. The summed E-state index contributed by atoms with van der Waals surface area (Å²) in [5.74, 6) is 1.21. The van der Waals surface area contributed by atoms with Crippen LogP contribution in [0.2, 0.25) is 0 Å². The van der Waals surface area contributed by atoms with Crippen molar-refractivity contribution in [3.8, 4) is 0 Å². The zero-order valence-electron chi connectivity index (χ0n) is 14.8. The number of nitrogens with zero attached hydrogens (tertiary/aromatic N) is 4. The SMILES string of the molecule is CC(=O)N1CCc2ccc(S(=O)(=O)NC3CCCn4nc(C)nc43)cc21. The van der Waals surface area contributed by atoms with E-state index in [0.29, 0.717) is 30.3 Å². The predicted molar refractivity (Wildman–Crippen MR) is 95.2 cm³/mol. The van der Waals surface area contributed by atoms with E-state index in [2.05, 4.69) is 14.8 Å². The van der Waals surface area contributed by atoms with Gasteiger partial charge in [0.25, 0.3) is 0 Å². The van der Waals surface area contributed by atoms with Gasteiger partial charge in [0.2, 0.25) is 15.9 Å². The minimum absolute atomic E-state index is 0.0814. The first kappa shape index (κ1) is 17.2. The van der Waals surface area contributed by atoms with Gasteiger partial charge in [0, 0.05) is 25.7 Å². The van der Waals surface area contributed by atoms with E-state index in [1.54, 1.807) is 34.7 Å². The number of carbonyl (C=O) groups excluding carboxylic acids is 1. The Labute approximate surface area is 152 Å². The quantitative estimate of drug-likeness (QED) is 0.872. The lowest BCUT2D eigenvalue weighted by molar-refractivity contribution is -0.116. The van der Waals surface area contributed by atoms with E-state index in [0.717, 1.165) is 24.9 Å². The van der Waals surface area contributed by atoms with Crippen LogP contribution in [0.3, 0.4) is 0 Å². The standard InChI is InChI=1S/C17H21N5O3S/c1-11-18-17-15(4-3-8-22(17)19-11)20-26(24,25)14-6-5-13-7-9-21(12(2)23)16(13)10-14/h5-6,10,15,20H,3-4,7-9H2,1-2H3. The van der Waals surface area contributed by atoms with Gasteiger partial charge >= 0.3 is 0 Å². The van der Waals surface area contributed by atoms with Crippen LogP contribution in [0.25, 0.3) is 0 Å². The summed E-state index contributed by atoms with van der Waals surface area (Å²) >= 11 is 0. The van der Waals surface area contributed by atoms with Crippen LogP contribution < -0.4 is 9.62 Å². The molecule has 0 bridgehead atoms.